The maximum atomic E-state index is 4.07. The van der Waals surface area contributed by atoms with Crippen LogP contribution in [0.25, 0.3) is 0 Å². The molecule has 17 heavy (non-hydrogen) atoms. The number of rotatable bonds is 2. The van der Waals surface area contributed by atoms with Gasteiger partial charge in [-0.3, -0.25) is 4.98 Å². The molecule has 0 aliphatic heterocycles. The van der Waals surface area contributed by atoms with Gasteiger partial charge >= 0.3 is 0 Å². The predicted octanol–water partition coefficient (Wildman–Crippen LogP) is 3.43. The van der Waals surface area contributed by atoms with E-state index in [0.29, 0.717) is 0 Å². The second kappa shape index (κ2) is 4.70. The summed E-state index contributed by atoms with van der Waals surface area (Å²) in [5, 5.41) is 0. The van der Waals surface area contributed by atoms with E-state index in [1.165, 1.54) is 31.2 Å². The van der Waals surface area contributed by atoms with Crippen molar-refractivity contribution in [3.8, 4) is 0 Å². The maximum Gasteiger partial charge on any atom is 0.0270 e. The summed E-state index contributed by atoms with van der Waals surface area (Å²) in [4.78, 5) is 4.07. The average molecular weight is 223 g/mol. The third kappa shape index (κ3) is 2.38. The summed E-state index contributed by atoms with van der Waals surface area (Å²) in [6, 6.07) is 13.2. The van der Waals surface area contributed by atoms with Crippen LogP contribution in [0, 0.1) is 5.92 Å². The second-order valence-electron chi connectivity index (χ2n) is 4.94. The van der Waals surface area contributed by atoms with E-state index in [4.69, 9.17) is 0 Å². The number of hydrogen-bond acceptors (Lipinski definition) is 1. The molecule has 1 aromatic heterocycles. The first-order chi connectivity index (χ1) is 8.42. The van der Waals surface area contributed by atoms with E-state index in [9.17, 15) is 0 Å². The molecule has 1 aromatic carbocycles. The second-order valence-corrected chi connectivity index (χ2v) is 4.94. The standard InChI is InChI=1S/C16H17N/c1-2-4-16-12-14(5-6-15(16)3-1)11-13-7-9-17-10-8-13/h1-4,7-10,14H,5-6,11-12H2/t14-/m0/s1. The van der Waals surface area contributed by atoms with Crippen LogP contribution in [0.2, 0.25) is 0 Å². The van der Waals surface area contributed by atoms with Crippen LogP contribution >= 0.6 is 0 Å². The quantitative estimate of drug-likeness (QED) is 0.760. The van der Waals surface area contributed by atoms with Crippen LogP contribution in [-0.4, -0.2) is 4.98 Å². The molecular formula is C16H17N. The Morgan fingerprint density at radius 3 is 2.59 bits per heavy atom. The molecule has 0 spiro atoms. The van der Waals surface area contributed by atoms with E-state index >= 15 is 0 Å². The van der Waals surface area contributed by atoms with Gasteiger partial charge in [-0.1, -0.05) is 24.3 Å². The maximum absolute atomic E-state index is 4.07. The number of nitrogens with zero attached hydrogens (tertiary/aromatic N) is 1. The van der Waals surface area contributed by atoms with E-state index < -0.39 is 0 Å². The van der Waals surface area contributed by atoms with Gasteiger partial charge in [-0.05, 0) is 60.4 Å². The molecule has 1 heteroatoms. The lowest BCUT2D eigenvalue weighted by Gasteiger charge is -2.24. The van der Waals surface area contributed by atoms with Gasteiger partial charge in [0.05, 0.1) is 0 Å². The molecule has 0 saturated heterocycles. The van der Waals surface area contributed by atoms with Gasteiger partial charge in [0.15, 0.2) is 0 Å². The Balaban J connectivity index is 1.72. The van der Waals surface area contributed by atoms with E-state index in [1.807, 2.05) is 12.4 Å². The number of benzene rings is 1. The first-order valence-corrected chi connectivity index (χ1v) is 6.37. The van der Waals surface area contributed by atoms with Crippen LogP contribution in [-0.2, 0) is 19.3 Å². The monoisotopic (exact) mass is 223 g/mol. The van der Waals surface area contributed by atoms with Crippen LogP contribution in [0.4, 0.5) is 0 Å². The Bertz CT molecular complexity index is 490. The molecule has 1 aliphatic rings. The molecule has 1 atom stereocenters. The smallest absolute Gasteiger partial charge is 0.0270 e. The van der Waals surface area contributed by atoms with Crippen molar-refractivity contribution in [1.82, 2.24) is 4.98 Å². The van der Waals surface area contributed by atoms with Gasteiger partial charge in [-0.2, -0.15) is 0 Å². The summed E-state index contributed by atoms with van der Waals surface area (Å²) in [7, 11) is 0. The van der Waals surface area contributed by atoms with Gasteiger partial charge in [0.25, 0.3) is 0 Å². The van der Waals surface area contributed by atoms with Gasteiger partial charge in [0.2, 0.25) is 0 Å². The minimum absolute atomic E-state index is 0.798. The minimum atomic E-state index is 0.798. The molecular weight excluding hydrogens is 206 g/mol. The molecule has 0 fully saturated rings. The van der Waals surface area contributed by atoms with Crippen molar-refractivity contribution in [2.75, 3.05) is 0 Å². The Labute approximate surface area is 103 Å². The van der Waals surface area contributed by atoms with Crippen molar-refractivity contribution < 1.29 is 0 Å². The van der Waals surface area contributed by atoms with Crippen LogP contribution in [0.1, 0.15) is 23.1 Å². The van der Waals surface area contributed by atoms with Crippen molar-refractivity contribution in [3.05, 3.63) is 65.5 Å². The molecule has 86 valence electrons. The first kappa shape index (κ1) is 10.5. The van der Waals surface area contributed by atoms with Crippen LogP contribution in [0.5, 0.6) is 0 Å². The fourth-order valence-corrected chi connectivity index (χ4v) is 2.80. The van der Waals surface area contributed by atoms with Crippen LogP contribution < -0.4 is 0 Å². The van der Waals surface area contributed by atoms with Crippen LogP contribution in [0.15, 0.2) is 48.8 Å². The lowest BCUT2D eigenvalue weighted by Crippen LogP contribution is -2.16. The normalized spacial score (nSPS) is 18.7. The number of pyridine rings is 1. The highest BCUT2D eigenvalue weighted by Gasteiger charge is 2.18. The van der Waals surface area contributed by atoms with Gasteiger partial charge < -0.3 is 0 Å². The fraction of sp³-hybridized carbons (Fsp3) is 0.312. The fourth-order valence-electron chi connectivity index (χ4n) is 2.80. The molecule has 0 radical (unpaired) electrons. The molecule has 0 saturated carbocycles. The third-order valence-electron chi connectivity index (χ3n) is 3.72. The Kier molecular flexibility index (Phi) is 2.91. The van der Waals surface area contributed by atoms with Crippen molar-refractivity contribution in [3.63, 3.8) is 0 Å². The molecule has 1 aliphatic carbocycles. The highest BCUT2D eigenvalue weighted by Crippen LogP contribution is 2.27. The van der Waals surface area contributed by atoms with Crippen LogP contribution in [0.3, 0.4) is 0 Å². The van der Waals surface area contributed by atoms with Crippen molar-refractivity contribution in [2.45, 2.75) is 25.7 Å². The Hall–Kier alpha value is -1.63. The summed E-state index contributed by atoms with van der Waals surface area (Å²) < 4.78 is 0. The SMILES string of the molecule is c1ccc2c(c1)CC[C@@H](Cc1ccncc1)C2. The van der Waals surface area contributed by atoms with Crippen molar-refractivity contribution in [1.29, 1.82) is 0 Å². The van der Waals surface area contributed by atoms with E-state index in [1.54, 1.807) is 11.1 Å². The van der Waals surface area contributed by atoms with Gasteiger partial charge in [-0.25, -0.2) is 0 Å². The summed E-state index contributed by atoms with van der Waals surface area (Å²) >= 11 is 0. The summed E-state index contributed by atoms with van der Waals surface area (Å²) in [5.41, 5.74) is 4.53. The highest BCUT2D eigenvalue weighted by molar-refractivity contribution is 5.30. The number of aryl methyl sites for hydroxylation is 1. The minimum Gasteiger partial charge on any atom is -0.265 e. The lowest BCUT2D eigenvalue weighted by atomic mass is 9.81. The molecule has 1 nitrogen and oxygen atoms in total. The van der Waals surface area contributed by atoms with E-state index in [0.717, 1.165) is 5.92 Å². The zero-order valence-corrected chi connectivity index (χ0v) is 9.97. The molecule has 0 N–H and O–H groups in total. The largest absolute Gasteiger partial charge is 0.265 e. The summed E-state index contributed by atoms with van der Waals surface area (Å²) in [5.74, 6) is 0.798. The topological polar surface area (TPSA) is 12.9 Å². The van der Waals surface area contributed by atoms with Gasteiger partial charge in [0.1, 0.15) is 0 Å². The van der Waals surface area contributed by atoms with Gasteiger partial charge in [-0.15, -0.1) is 0 Å². The third-order valence-corrected chi connectivity index (χ3v) is 3.72. The van der Waals surface area contributed by atoms with Gasteiger partial charge in [0, 0.05) is 12.4 Å². The summed E-state index contributed by atoms with van der Waals surface area (Å²) in [6.07, 6.45) is 8.78. The molecule has 2 aromatic rings. The predicted molar refractivity (Wildman–Crippen MR) is 69.9 cm³/mol. The molecule has 0 bridgehead atoms. The zero-order chi connectivity index (χ0) is 11.5. The first-order valence-electron chi connectivity index (χ1n) is 6.37. The zero-order valence-electron chi connectivity index (χ0n) is 9.97. The van der Waals surface area contributed by atoms with E-state index in [2.05, 4.69) is 41.4 Å². The molecule has 3 rings (SSSR count). The number of hydrogen-bond donors (Lipinski definition) is 0. The molecule has 1 heterocycles. The molecule has 0 amide bonds. The van der Waals surface area contributed by atoms with Crippen molar-refractivity contribution >= 4 is 0 Å². The number of fused-ring (bicyclic) bond motifs is 1. The Morgan fingerprint density at radius 1 is 1.00 bits per heavy atom. The highest BCUT2D eigenvalue weighted by atomic mass is 14.6. The van der Waals surface area contributed by atoms with Crippen molar-refractivity contribution in [2.24, 2.45) is 5.92 Å². The number of aromatic nitrogens is 1. The lowest BCUT2D eigenvalue weighted by molar-refractivity contribution is 0.456. The van der Waals surface area contributed by atoms with E-state index in [-0.39, 0.29) is 0 Å². The molecule has 0 unspecified atom stereocenters. The Morgan fingerprint density at radius 2 is 1.76 bits per heavy atom. The average Bonchev–Trinajstić information content (AvgIpc) is 2.40. The summed E-state index contributed by atoms with van der Waals surface area (Å²) in [6.45, 7) is 0.